The second-order valence-electron chi connectivity index (χ2n) is 3.31. The molecule has 0 unspecified atom stereocenters. The first kappa shape index (κ1) is 16.5. The highest BCUT2D eigenvalue weighted by Gasteiger charge is 2.47. The number of nitrogens with zero attached hydrogens (tertiary/aromatic N) is 3. The Morgan fingerprint density at radius 3 is 2.05 bits per heavy atom. The maximum Gasteiger partial charge on any atom is 0.437 e. The summed E-state index contributed by atoms with van der Waals surface area (Å²) in [6, 6.07) is 0. The van der Waals surface area contributed by atoms with Gasteiger partial charge in [-0.15, -0.1) is 10.2 Å². The van der Waals surface area contributed by atoms with Crippen LogP contribution in [0.2, 0.25) is 0 Å². The van der Waals surface area contributed by atoms with Crippen molar-refractivity contribution in [3.63, 3.8) is 0 Å². The van der Waals surface area contributed by atoms with E-state index in [1.54, 1.807) is 0 Å². The van der Waals surface area contributed by atoms with Crippen LogP contribution in [0.15, 0.2) is 0 Å². The molecule has 112 valence electrons. The van der Waals surface area contributed by atoms with E-state index in [1.807, 2.05) is 0 Å². The first-order chi connectivity index (χ1) is 9.07. The van der Waals surface area contributed by atoms with Crippen LogP contribution < -0.4 is 5.32 Å². The minimum absolute atomic E-state index is 0.0202. The first-order valence-corrected chi connectivity index (χ1v) is 5.48. The van der Waals surface area contributed by atoms with Crippen LogP contribution >= 0.6 is 12.6 Å². The molecule has 0 atom stereocenters. The molecule has 1 heterocycles. The Bertz CT molecular complexity index is 503. The van der Waals surface area contributed by atoms with Gasteiger partial charge in [0.1, 0.15) is 0 Å². The molecule has 12 heteroatoms. The number of aromatic nitrogens is 3. The Kier molecular flexibility index (Phi) is 4.78. The molecule has 0 spiro atoms. The van der Waals surface area contributed by atoms with Crippen molar-refractivity contribution in [1.29, 1.82) is 0 Å². The molecule has 1 N–H and O–H groups in total. The summed E-state index contributed by atoms with van der Waals surface area (Å²) >= 11 is 3.73. The van der Waals surface area contributed by atoms with E-state index in [0.717, 1.165) is 0 Å². The average Bonchev–Trinajstić information content (AvgIpc) is 2.33. The molecule has 0 aromatic carbocycles. The van der Waals surface area contributed by atoms with E-state index >= 15 is 0 Å². The minimum Gasteiger partial charge on any atom is -0.348 e. The Morgan fingerprint density at radius 1 is 1.05 bits per heavy atom. The van der Waals surface area contributed by atoms with Crippen LogP contribution in [0.3, 0.4) is 0 Å². The zero-order valence-corrected chi connectivity index (χ0v) is 10.3. The number of amides is 1. The molecule has 0 aliphatic heterocycles. The zero-order chi connectivity index (χ0) is 15.6. The Balaban J connectivity index is 3.25. The molecule has 0 aliphatic rings. The fourth-order valence-electron chi connectivity index (χ4n) is 1.06. The number of halogens is 6. The van der Waals surface area contributed by atoms with E-state index in [4.69, 9.17) is 0 Å². The predicted octanol–water partition coefficient (Wildman–Crippen LogP) is 1.57. The molecule has 0 aliphatic carbocycles. The van der Waals surface area contributed by atoms with Crippen molar-refractivity contribution < 1.29 is 31.1 Å². The predicted molar refractivity (Wildman–Crippen MR) is 56.0 cm³/mol. The van der Waals surface area contributed by atoms with Crippen LogP contribution in [-0.2, 0) is 12.4 Å². The number of hydrogen-bond donors (Lipinski definition) is 2. The summed E-state index contributed by atoms with van der Waals surface area (Å²) in [7, 11) is 0. The van der Waals surface area contributed by atoms with Gasteiger partial charge in [0.2, 0.25) is 5.82 Å². The second-order valence-corrected chi connectivity index (χ2v) is 3.75. The lowest BCUT2D eigenvalue weighted by molar-refractivity contribution is -0.168. The smallest absolute Gasteiger partial charge is 0.348 e. The number of rotatable bonds is 3. The third-order valence-electron chi connectivity index (χ3n) is 1.82. The van der Waals surface area contributed by atoms with Gasteiger partial charge in [-0.3, -0.25) is 4.79 Å². The van der Waals surface area contributed by atoms with Crippen LogP contribution in [0.5, 0.6) is 0 Å². The van der Waals surface area contributed by atoms with Crippen molar-refractivity contribution >= 4 is 18.5 Å². The highest BCUT2D eigenvalue weighted by atomic mass is 32.1. The van der Waals surface area contributed by atoms with Crippen molar-refractivity contribution in [1.82, 2.24) is 20.5 Å². The molecule has 1 amide bonds. The molecular formula is C8H6F6N4OS. The number of carbonyl (C=O) groups excluding carboxylic acids is 1. The van der Waals surface area contributed by atoms with Crippen LogP contribution in [0.25, 0.3) is 0 Å². The van der Waals surface area contributed by atoms with Crippen LogP contribution in [0, 0.1) is 0 Å². The van der Waals surface area contributed by atoms with E-state index in [2.05, 4.69) is 33.1 Å². The lowest BCUT2D eigenvalue weighted by Crippen LogP contribution is -2.30. The summed E-state index contributed by atoms with van der Waals surface area (Å²) in [5.74, 6) is -2.11. The average molecular weight is 320 g/mol. The van der Waals surface area contributed by atoms with Gasteiger partial charge in [0.05, 0.1) is 0 Å². The zero-order valence-electron chi connectivity index (χ0n) is 9.38. The van der Waals surface area contributed by atoms with Crippen LogP contribution in [0.4, 0.5) is 26.3 Å². The van der Waals surface area contributed by atoms with Gasteiger partial charge in [0.15, 0.2) is 11.4 Å². The second kappa shape index (κ2) is 5.81. The summed E-state index contributed by atoms with van der Waals surface area (Å²) in [5, 5.41) is 7.22. The van der Waals surface area contributed by atoms with E-state index < -0.39 is 35.5 Å². The fraction of sp³-hybridized carbons (Fsp3) is 0.500. The monoisotopic (exact) mass is 320 g/mol. The highest BCUT2D eigenvalue weighted by Crippen LogP contribution is 2.37. The third kappa shape index (κ3) is 3.95. The maximum absolute atomic E-state index is 12.5. The summed E-state index contributed by atoms with van der Waals surface area (Å²) in [6.07, 6.45) is -10.8. The Labute approximate surface area is 113 Å². The van der Waals surface area contributed by atoms with Gasteiger partial charge in [0, 0.05) is 12.3 Å². The molecule has 0 bridgehead atoms. The van der Waals surface area contributed by atoms with Gasteiger partial charge in [-0.05, 0) is 0 Å². The van der Waals surface area contributed by atoms with E-state index in [1.165, 1.54) is 0 Å². The number of carbonyl (C=O) groups is 1. The molecule has 20 heavy (non-hydrogen) atoms. The molecule has 0 fully saturated rings. The van der Waals surface area contributed by atoms with Gasteiger partial charge < -0.3 is 5.32 Å². The molecule has 5 nitrogen and oxygen atoms in total. The van der Waals surface area contributed by atoms with E-state index in [0.29, 0.717) is 0 Å². The van der Waals surface area contributed by atoms with Crippen molar-refractivity contribution in [2.45, 2.75) is 12.4 Å². The largest absolute Gasteiger partial charge is 0.437 e. The summed E-state index contributed by atoms with van der Waals surface area (Å²) < 4.78 is 74.6. The third-order valence-corrected chi connectivity index (χ3v) is 2.05. The molecule has 1 aromatic rings. The van der Waals surface area contributed by atoms with Gasteiger partial charge in [-0.2, -0.15) is 39.0 Å². The lowest BCUT2D eigenvalue weighted by atomic mass is 10.3. The van der Waals surface area contributed by atoms with E-state index in [9.17, 15) is 31.1 Å². The topological polar surface area (TPSA) is 67.8 Å². The van der Waals surface area contributed by atoms with Gasteiger partial charge in [-0.25, -0.2) is 4.98 Å². The number of nitrogens with one attached hydrogen (secondary N) is 1. The standard InChI is InChI=1S/C8H6F6N4OS/c9-7(10,11)3-4(8(12,13)14)17-18-5(16-3)6(19)15-1-2-20/h20H,1-2H2,(H,15,19). The molecule has 1 rings (SSSR count). The van der Waals surface area contributed by atoms with Crippen molar-refractivity contribution in [2.75, 3.05) is 12.3 Å². The first-order valence-electron chi connectivity index (χ1n) is 4.85. The molecular weight excluding hydrogens is 314 g/mol. The quantitative estimate of drug-likeness (QED) is 0.655. The van der Waals surface area contributed by atoms with Gasteiger partial charge in [-0.1, -0.05) is 0 Å². The Morgan fingerprint density at radius 2 is 1.60 bits per heavy atom. The summed E-state index contributed by atoms with van der Waals surface area (Å²) in [6.45, 7) is -0.0202. The molecule has 0 saturated carbocycles. The fourth-order valence-corrected chi connectivity index (χ4v) is 1.17. The highest BCUT2D eigenvalue weighted by molar-refractivity contribution is 7.80. The van der Waals surface area contributed by atoms with Gasteiger partial charge in [0.25, 0.3) is 5.91 Å². The maximum atomic E-state index is 12.5. The SMILES string of the molecule is O=C(NCCS)c1nnc(C(F)(F)F)c(C(F)(F)F)n1. The Hall–Kier alpha value is -1.59. The van der Waals surface area contributed by atoms with Crippen molar-refractivity contribution in [3.05, 3.63) is 17.2 Å². The molecule has 0 radical (unpaired) electrons. The molecule has 1 aromatic heterocycles. The number of thiol groups is 1. The van der Waals surface area contributed by atoms with Gasteiger partial charge >= 0.3 is 12.4 Å². The summed E-state index contributed by atoms with van der Waals surface area (Å²) in [4.78, 5) is 13.9. The minimum atomic E-state index is -5.42. The molecule has 0 saturated heterocycles. The number of hydrogen-bond acceptors (Lipinski definition) is 5. The lowest BCUT2D eigenvalue weighted by Gasteiger charge is -2.13. The normalized spacial score (nSPS) is 12.3. The van der Waals surface area contributed by atoms with Crippen LogP contribution in [0.1, 0.15) is 22.0 Å². The van der Waals surface area contributed by atoms with Crippen molar-refractivity contribution in [3.8, 4) is 0 Å². The van der Waals surface area contributed by atoms with E-state index in [-0.39, 0.29) is 12.3 Å². The van der Waals surface area contributed by atoms with Crippen LogP contribution in [-0.4, -0.2) is 33.4 Å². The number of alkyl halides is 6. The van der Waals surface area contributed by atoms with Crippen molar-refractivity contribution in [2.24, 2.45) is 0 Å². The summed E-state index contributed by atoms with van der Waals surface area (Å²) in [5.41, 5.74) is -4.60.